The Balaban J connectivity index is 1.91. The van der Waals surface area contributed by atoms with Crippen LogP contribution in [0.1, 0.15) is 35.7 Å². The Labute approximate surface area is 126 Å². The SMILES string of the molecule is CC1(CNCc2ccc(C(=O)O)cc2Br)CCCS1. The quantitative estimate of drug-likeness (QED) is 0.858. The monoisotopic (exact) mass is 343 g/mol. The fraction of sp³-hybridized carbons (Fsp3) is 0.500. The molecule has 2 N–H and O–H groups in total. The number of nitrogens with one attached hydrogen (secondary N) is 1. The van der Waals surface area contributed by atoms with Crippen molar-refractivity contribution in [3.05, 3.63) is 33.8 Å². The number of carboxylic acids is 1. The van der Waals surface area contributed by atoms with Gasteiger partial charge in [-0.25, -0.2) is 4.79 Å². The maximum absolute atomic E-state index is 10.9. The summed E-state index contributed by atoms with van der Waals surface area (Å²) in [5, 5.41) is 12.4. The van der Waals surface area contributed by atoms with Crippen LogP contribution in [0.15, 0.2) is 22.7 Å². The Morgan fingerprint density at radius 3 is 2.95 bits per heavy atom. The van der Waals surface area contributed by atoms with Crippen molar-refractivity contribution in [2.45, 2.75) is 31.1 Å². The highest BCUT2D eigenvalue weighted by atomic mass is 79.9. The van der Waals surface area contributed by atoms with Crippen molar-refractivity contribution in [3.8, 4) is 0 Å². The molecule has 0 spiro atoms. The average Bonchev–Trinajstić information content (AvgIpc) is 2.78. The summed E-state index contributed by atoms with van der Waals surface area (Å²) in [6.45, 7) is 4.06. The van der Waals surface area contributed by atoms with E-state index in [1.807, 2.05) is 17.8 Å². The molecule has 3 nitrogen and oxygen atoms in total. The Kier molecular flexibility index (Phi) is 4.92. The van der Waals surface area contributed by atoms with Crippen molar-refractivity contribution in [2.24, 2.45) is 0 Å². The normalized spacial score (nSPS) is 22.6. The van der Waals surface area contributed by atoms with Crippen LogP contribution in [0.5, 0.6) is 0 Å². The van der Waals surface area contributed by atoms with Crippen LogP contribution in [0.25, 0.3) is 0 Å². The second-order valence-electron chi connectivity index (χ2n) is 5.12. The van der Waals surface area contributed by atoms with Gasteiger partial charge in [-0.15, -0.1) is 0 Å². The highest BCUT2D eigenvalue weighted by Gasteiger charge is 2.28. The summed E-state index contributed by atoms with van der Waals surface area (Å²) in [7, 11) is 0. The summed E-state index contributed by atoms with van der Waals surface area (Å²) in [6, 6.07) is 5.17. The third kappa shape index (κ3) is 3.97. The van der Waals surface area contributed by atoms with Gasteiger partial charge in [-0.05, 0) is 43.2 Å². The Morgan fingerprint density at radius 2 is 2.37 bits per heavy atom. The molecular weight excluding hydrogens is 326 g/mol. The highest BCUT2D eigenvalue weighted by molar-refractivity contribution is 9.10. The summed E-state index contributed by atoms with van der Waals surface area (Å²) >= 11 is 5.47. The molecule has 1 aromatic carbocycles. The largest absolute Gasteiger partial charge is 0.478 e. The molecule has 5 heteroatoms. The molecule has 104 valence electrons. The van der Waals surface area contributed by atoms with Crippen LogP contribution in [0, 0.1) is 0 Å². The summed E-state index contributed by atoms with van der Waals surface area (Å²) in [5.41, 5.74) is 1.41. The van der Waals surface area contributed by atoms with E-state index in [0.717, 1.165) is 23.1 Å². The number of hydrogen-bond donors (Lipinski definition) is 2. The third-order valence-corrected chi connectivity index (χ3v) is 5.69. The van der Waals surface area contributed by atoms with E-state index < -0.39 is 5.97 Å². The minimum Gasteiger partial charge on any atom is -0.478 e. The predicted octanol–water partition coefficient (Wildman–Crippen LogP) is 3.52. The average molecular weight is 344 g/mol. The van der Waals surface area contributed by atoms with Crippen LogP contribution in [0.4, 0.5) is 0 Å². The minimum absolute atomic E-state index is 0.314. The zero-order valence-electron chi connectivity index (χ0n) is 10.9. The molecule has 0 radical (unpaired) electrons. The summed E-state index contributed by atoms with van der Waals surface area (Å²) < 4.78 is 1.21. The van der Waals surface area contributed by atoms with Gasteiger partial charge < -0.3 is 10.4 Å². The van der Waals surface area contributed by atoms with Gasteiger partial charge in [0.05, 0.1) is 5.56 Å². The van der Waals surface area contributed by atoms with Crippen molar-refractivity contribution in [2.75, 3.05) is 12.3 Å². The summed E-state index contributed by atoms with van der Waals surface area (Å²) in [5.74, 6) is 0.366. The van der Waals surface area contributed by atoms with Crippen LogP contribution in [0.2, 0.25) is 0 Å². The molecule has 1 aliphatic heterocycles. The fourth-order valence-electron chi connectivity index (χ4n) is 2.26. The van der Waals surface area contributed by atoms with Gasteiger partial charge in [0.2, 0.25) is 0 Å². The van der Waals surface area contributed by atoms with Gasteiger partial charge in [0.1, 0.15) is 0 Å². The van der Waals surface area contributed by atoms with E-state index in [1.54, 1.807) is 12.1 Å². The molecule has 1 atom stereocenters. The zero-order chi connectivity index (χ0) is 13.9. The van der Waals surface area contributed by atoms with Gasteiger partial charge in [-0.2, -0.15) is 11.8 Å². The van der Waals surface area contributed by atoms with Crippen molar-refractivity contribution < 1.29 is 9.90 Å². The van der Waals surface area contributed by atoms with Crippen LogP contribution in [0.3, 0.4) is 0 Å². The minimum atomic E-state index is -0.893. The Hall–Kier alpha value is -0.520. The molecule has 1 heterocycles. The zero-order valence-corrected chi connectivity index (χ0v) is 13.3. The molecule has 2 rings (SSSR count). The summed E-state index contributed by atoms with van der Waals surface area (Å²) in [6.07, 6.45) is 2.57. The van der Waals surface area contributed by atoms with Crippen molar-refractivity contribution in [3.63, 3.8) is 0 Å². The Bertz CT molecular complexity index is 473. The standard InChI is InChI=1S/C14H18BrNO2S/c1-14(5-2-6-19-14)9-16-8-11-4-3-10(13(17)18)7-12(11)15/h3-4,7,16H,2,5-6,8-9H2,1H3,(H,17,18). The van der Waals surface area contributed by atoms with Gasteiger partial charge in [0.15, 0.2) is 0 Å². The number of carbonyl (C=O) groups is 1. The lowest BCUT2D eigenvalue weighted by Gasteiger charge is -2.23. The van der Waals surface area contributed by atoms with E-state index in [1.165, 1.54) is 18.6 Å². The maximum atomic E-state index is 10.9. The first-order chi connectivity index (χ1) is 9.00. The van der Waals surface area contributed by atoms with Gasteiger partial charge in [-0.1, -0.05) is 22.0 Å². The van der Waals surface area contributed by atoms with Crippen molar-refractivity contribution in [1.29, 1.82) is 0 Å². The van der Waals surface area contributed by atoms with Crippen LogP contribution >= 0.6 is 27.7 Å². The predicted molar refractivity (Wildman–Crippen MR) is 82.9 cm³/mol. The topological polar surface area (TPSA) is 49.3 Å². The number of rotatable bonds is 5. The number of hydrogen-bond acceptors (Lipinski definition) is 3. The molecule has 0 aromatic heterocycles. The number of halogens is 1. The molecule has 1 saturated heterocycles. The van der Waals surface area contributed by atoms with Gasteiger partial charge >= 0.3 is 5.97 Å². The molecule has 0 amide bonds. The van der Waals surface area contributed by atoms with E-state index in [2.05, 4.69) is 28.2 Å². The molecule has 1 fully saturated rings. The first-order valence-electron chi connectivity index (χ1n) is 6.37. The lowest BCUT2D eigenvalue weighted by Crippen LogP contribution is -2.32. The molecule has 0 aliphatic carbocycles. The van der Waals surface area contributed by atoms with E-state index in [-0.39, 0.29) is 0 Å². The van der Waals surface area contributed by atoms with Gasteiger partial charge in [0.25, 0.3) is 0 Å². The van der Waals surface area contributed by atoms with Crippen LogP contribution < -0.4 is 5.32 Å². The number of benzene rings is 1. The maximum Gasteiger partial charge on any atom is 0.335 e. The van der Waals surface area contributed by atoms with E-state index in [4.69, 9.17) is 5.11 Å². The highest BCUT2D eigenvalue weighted by Crippen LogP contribution is 2.37. The second-order valence-corrected chi connectivity index (χ2v) is 7.65. The lowest BCUT2D eigenvalue weighted by molar-refractivity contribution is 0.0697. The summed E-state index contributed by atoms with van der Waals surface area (Å²) in [4.78, 5) is 10.9. The van der Waals surface area contributed by atoms with Crippen molar-refractivity contribution >= 4 is 33.7 Å². The number of carboxylic acid groups (broad SMARTS) is 1. The molecule has 19 heavy (non-hydrogen) atoms. The third-order valence-electron chi connectivity index (χ3n) is 3.41. The number of aromatic carboxylic acids is 1. The number of thioether (sulfide) groups is 1. The molecule has 1 aromatic rings. The Morgan fingerprint density at radius 1 is 1.58 bits per heavy atom. The fourth-order valence-corrected chi connectivity index (χ4v) is 4.05. The van der Waals surface area contributed by atoms with E-state index in [0.29, 0.717) is 10.3 Å². The van der Waals surface area contributed by atoms with Crippen molar-refractivity contribution in [1.82, 2.24) is 5.32 Å². The smallest absolute Gasteiger partial charge is 0.335 e. The lowest BCUT2D eigenvalue weighted by atomic mass is 10.1. The first kappa shape index (κ1) is 14.9. The van der Waals surface area contributed by atoms with E-state index >= 15 is 0 Å². The molecule has 0 saturated carbocycles. The molecule has 1 unspecified atom stereocenters. The molecular formula is C14H18BrNO2S. The van der Waals surface area contributed by atoms with Gasteiger partial charge in [-0.3, -0.25) is 0 Å². The molecule has 0 bridgehead atoms. The second kappa shape index (κ2) is 6.29. The van der Waals surface area contributed by atoms with Gasteiger partial charge in [0, 0.05) is 22.3 Å². The van der Waals surface area contributed by atoms with E-state index in [9.17, 15) is 4.79 Å². The first-order valence-corrected chi connectivity index (χ1v) is 8.14. The van der Waals surface area contributed by atoms with Crippen LogP contribution in [-0.2, 0) is 6.54 Å². The molecule has 1 aliphatic rings. The van der Waals surface area contributed by atoms with Crippen LogP contribution in [-0.4, -0.2) is 28.1 Å².